The lowest BCUT2D eigenvalue weighted by Crippen LogP contribution is -2.18. The van der Waals surface area contributed by atoms with Crippen LogP contribution in [0.5, 0.6) is 0 Å². The maximum absolute atomic E-state index is 9.19. The Morgan fingerprint density at radius 1 is 1.12 bits per heavy atom. The predicted molar refractivity (Wildman–Crippen MR) is 94.9 cm³/mol. The Labute approximate surface area is 140 Å². The molecule has 0 unspecified atom stereocenters. The van der Waals surface area contributed by atoms with Crippen LogP contribution in [-0.4, -0.2) is 46.9 Å². The predicted octanol–water partition coefficient (Wildman–Crippen LogP) is 2.23. The number of hydrogen-bond acceptors (Lipinski definition) is 5. The summed E-state index contributed by atoms with van der Waals surface area (Å²) in [5, 5.41) is 2.37. The van der Waals surface area contributed by atoms with E-state index in [1.807, 2.05) is 18.5 Å². The van der Waals surface area contributed by atoms with Crippen LogP contribution in [0.3, 0.4) is 0 Å². The van der Waals surface area contributed by atoms with Crippen molar-refractivity contribution in [2.75, 3.05) is 24.2 Å². The van der Waals surface area contributed by atoms with Gasteiger partial charge in [-0.2, -0.15) is 8.42 Å². The zero-order valence-corrected chi connectivity index (χ0v) is 14.5. The first-order valence-corrected chi connectivity index (χ1v) is 9.56. The van der Waals surface area contributed by atoms with E-state index in [0.29, 0.717) is 6.26 Å². The first kappa shape index (κ1) is 16.7. The largest absolute Gasteiger partial charge is 0.357 e. The molecule has 3 aromatic rings. The van der Waals surface area contributed by atoms with E-state index in [1.54, 1.807) is 0 Å². The van der Waals surface area contributed by atoms with Gasteiger partial charge in [0.2, 0.25) is 0 Å². The van der Waals surface area contributed by atoms with E-state index in [0.717, 1.165) is 24.6 Å². The Morgan fingerprint density at radius 2 is 1.79 bits per heavy atom. The highest BCUT2D eigenvalue weighted by Crippen LogP contribution is 2.28. The molecule has 1 fully saturated rings. The van der Waals surface area contributed by atoms with Gasteiger partial charge in [0.15, 0.2) is 0 Å². The molecule has 3 aromatic heterocycles. The fraction of sp³-hybridized carbons (Fsp3) is 0.375. The first-order valence-electron chi connectivity index (χ1n) is 7.71. The van der Waals surface area contributed by atoms with Crippen molar-refractivity contribution >= 4 is 37.9 Å². The monoisotopic (exact) mass is 348 g/mol. The third kappa shape index (κ3) is 3.49. The maximum Gasteiger partial charge on any atom is 0.261 e. The molecule has 0 radical (unpaired) electrons. The Bertz CT molecular complexity index is 968. The van der Waals surface area contributed by atoms with Crippen LogP contribution in [0.4, 0.5) is 5.82 Å². The van der Waals surface area contributed by atoms with Gasteiger partial charge in [0.05, 0.1) is 11.8 Å². The molecule has 0 saturated carbocycles. The molecule has 0 aromatic carbocycles. The van der Waals surface area contributed by atoms with Crippen LogP contribution in [-0.2, 0) is 17.2 Å². The zero-order chi connectivity index (χ0) is 17.3. The molecule has 4 rings (SSSR count). The summed E-state index contributed by atoms with van der Waals surface area (Å²) in [6.07, 6.45) is 7.03. The molecule has 0 amide bonds. The number of rotatable bonds is 1. The fourth-order valence-electron chi connectivity index (χ4n) is 3.03. The first-order chi connectivity index (χ1) is 11.3. The summed E-state index contributed by atoms with van der Waals surface area (Å²) in [6, 6.07) is 6.37. The van der Waals surface area contributed by atoms with Gasteiger partial charge in [0.25, 0.3) is 10.1 Å². The second kappa shape index (κ2) is 6.37. The van der Waals surface area contributed by atoms with Crippen molar-refractivity contribution in [3.63, 3.8) is 0 Å². The average Bonchev–Trinajstić information content (AvgIpc) is 3.14. The van der Waals surface area contributed by atoms with Crippen molar-refractivity contribution in [3.05, 3.63) is 30.6 Å². The molecule has 1 N–H and O–H groups in total. The quantitative estimate of drug-likeness (QED) is 0.679. The molecule has 0 spiro atoms. The third-order valence-electron chi connectivity index (χ3n) is 4.06. The van der Waals surface area contributed by atoms with Crippen molar-refractivity contribution in [3.8, 4) is 0 Å². The van der Waals surface area contributed by atoms with Gasteiger partial charge in [0.1, 0.15) is 11.5 Å². The van der Waals surface area contributed by atoms with Crippen molar-refractivity contribution in [1.29, 1.82) is 0 Å². The molecule has 128 valence electrons. The van der Waals surface area contributed by atoms with Crippen LogP contribution >= 0.6 is 0 Å². The molecule has 4 heterocycles. The Morgan fingerprint density at radius 3 is 2.46 bits per heavy atom. The average molecular weight is 348 g/mol. The summed E-state index contributed by atoms with van der Waals surface area (Å²) >= 11 is 0. The number of aromatic nitrogens is 3. The molecule has 1 aliphatic heterocycles. The van der Waals surface area contributed by atoms with Gasteiger partial charge in [0, 0.05) is 43.3 Å². The summed E-state index contributed by atoms with van der Waals surface area (Å²) in [5.41, 5.74) is 2.24. The third-order valence-corrected chi connectivity index (χ3v) is 4.06. The van der Waals surface area contributed by atoms with Gasteiger partial charge >= 0.3 is 0 Å². The number of fused-ring (bicyclic) bond motifs is 3. The number of nitrogens with zero attached hydrogens (tertiary/aromatic N) is 4. The van der Waals surface area contributed by atoms with E-state index in [4.69, 9.17) is 9.54 Å². The zero-order valence-electron chi connectivity index (χ0n) is 13.7. The summed E-state index contributed by atoms with van der Waals surface area (Å²) in [6.45, 7) is 2.26. The topological polar surface area (TPSA) is 88.3 Å². The van der Waals surface area contributed by atoms with E-state index >= 15 is 0 Å². The molecule has 7 nitrogen and oxygen atoms in total. The van der Waals surface area contributed by atoms with Crippen LogP contribution in [0.1, 0.15) is 12.8 Å². The molecule has 0 atom stereocenters. The highest BCUT2D eigenvalue weighted by molar-refractivity contribution is 7.85. The molecule has 1 aliphatic rings. The lowest BCUT2D eigenvalue weighted by molar-refractivity contribution is 0.490. The second-order valence-corrected chi connectivity index (χ2v) is 7.39. The number of hydrogen-bond donors (Lipinski definition) is 1. The number of pyridine rings is 2. The van der Waals surface area contributed by atoms with E-state index in [9.17, 15) is 8.42 Å². The van der Waals surface area contributed by atoms with E-state index < -0.39 is 10.1 Å². The van der Waals surface area contributed by atoms with Crippen LogP contribution in [0.15, 0.2) is 30.6 Å². The van der Waals surface area contributed by atoms with Crippen LogP contribution in [0.2, 0.25) is 0 Å². The summed E-state index contributed by atoms with van der Waals surface area (Å²) in [5.74, 6) is 1.10. The van der Waals surface area contributed by atoms with Crippen molar-refractivity contribution < 1.29 is 13.0 Å². The molecular weight excluding hydrogens is 328 g/mol. The van der Waals surface area contributed by atoms with E-state index in [1.165, 1.54) is 29.1 Å². The fourth-order valence-corrected chi connectivity index (χ4v) is 3.03. The Hall–Kier alpha value is -2.19. The van der Waals surface area contributed by atoms with Crippen LogP contribution in [0.25, 0.3) is 21.9 Å². The smallest absolute Gasteiger partial charge is 0.261 e. The van der Waals surface area contributed by atoms with Gasteiger partial charge in [-0.25, -0.2) is 4.98 Å². The van der Waals surface area contributed by atoms with Gasteiger partial charge in [-0.05, 0) is 31.0 Å². The molecule has 1 saturated heterocycles. The normalized spacial score (nSPS) is 14.9. The van der Waals surface area contributed by atoms with Gasteiger partial charge in [-0.15, -0.1) is 0 Å². The summed E-state index contributed by atoms with van der Waals surface area (Å²) in [7, 11) is -1.59. The van der Waals surface area contributed by atoms with E-state index in [-0.39, 0.29) is 0 Å². The second-order valence-electron chi connectivity index (χ2n) is 5.92. The standard InChI is InChI=1S/C15H16N4.CH4O3S/c1-18-13-6-7-16-10-12(13)11-4-5-14(17-15(11)18)19-8-2-3-9-19;1-5(2,3)4/h4-7,10H,2-3,8-9H2,1H3;1H3,(H,2,3,4). The van der Waals surface area contributed by atoms with Crippen molar-refractivity contribution in [1.82, 2.24) is 14.5 Å². The highest BCUT2D eigenvalue weighted by Gasteiger charge is 2.16. The SMILES string of the molecule is CS(=O)(=O)O.Cn1c2ccncc2c2ccc(N3CCCC3)nc21. The minimum absolute atomic E-state index is 0.715. The Balaban J connectivity index is 0.000000300. The lowest BCUT2D eigenvalue weighted by atomic mass is 10.2. The highest BCUT2D eigenvalue weighted by atomic mass is 32.2. The minimum atomic E-state index is -3.67. The van der Waals surface area contributed by atoms with Crippen LogP contribution < -0.4 is 4.90 Å². The van der Waals surface area contributed by atoms with Crippen molar-refractivity contribution in [2.45, 2.75) is 12.8 Å². The maximum atomic E-state index is 9.19. The van der Waals surface area contributed by atoms with E-state index in [2.05, 4.69) is 33.6 Å². The summed E-state index contributed by atoms with van der Waals surface area (Å²) in [4.78, 5) is 11.5. The van der Waals surface area contributed by atoms with Gasteiger partial charge < -0.3 is 9.47 Å². The minimum Gasteiger partial charge on any atom is -0.357 e. The molecular formula is C16H20N4O3S. The molecule has 24 heavy (non-hydrogen) atoms. The number of aryl methyl sites for hydroxylation is 1. The van der Waals surface area contributed by atoms with Gasteiger partial charge in [-0.1, -0.05) is 0 Å². The van der Waals surface area contributed by atoms with Crippen molar-refractivity contribution in [2.24, 2.45) is 7.05 Å². The molecule has 0 aliphatic carbocycles. The Kier molecular flexibility index (Phi) is 4.42. The summed E-state index contributed by atoms with van der Waals surface area (Å²) < 4.78 is 28.0. The molecule has 8 heteroatoms. The van der Waals surface area contributed by atoms with Crippen LogP contribution in [0, 0.1) is 0 Å². The number of anilines is 1. The lowest BCUT2D eigenvalue weighted by Gasteiger charge is -2.16. The molecule has 0 bridgehead atoms. The van der Waals surface area contributed by atoms with Gasteiger partial charge in [-0.3, -0.25) is 9.54 Å².